The number of anilines is 1. The second-order valence-corrected chi connectivity index (χ2v) is 7.30. The van der Waals surface area contributed by atoms with E-state index in [0.717, 1.165) is 11.1 Å². The summed E-state index contributed by atoms with van der Waals surface area (Å²) >= 11 is 0. The van der Waals surface area contributed by atoms with Gasteiger partial charge in [-0.25, -0.2) is 0 Å². The minimum absolute atomic E-state index is 0.146. The molecule has 4 heteroatoms. The highest BCUT2D eigenvalue weighted by Gasteiger charge is 2.70. The molecule has 1 spiro atoms. The second-order valence-electron chi connectivity index (χ2n) is 7.30. The number of carbonyl (C=O) groups is 2. The van der Waals surface area contributed by atoms with Crippen molar-refractivity contribution in [2.24, 2.45) is 5.41 Å². The summed E-state index contributed by atoms with van der Waals surface area (Å²) in [7, 11) is 0. The van der Waals surface area contributed by atoms with Crippen LogP contribution in [0.25, 0.3) is 0 Å². The number of hydrogen-bond donors (Lipinski definition) is 1. The zero-order chi connectivity index (χ0) is 18.5. The lowest BCUT2D eigenvalue weighted by atomic mass is 9.73. The summed E-state index contributed by atoms with van der Waals surface area (Å²) in [6.45, 7) is 3.77. The molecule has 0 radical (unpaired) electrons. The Kier molecular flexibility index (Phi) is 3.77. The van der Waals surface area contributed by atoms with Gasteiger partial charge in [-0.2, -0.15) is 0 Å². The third kappa shape index (κ3) is 1.88. The number of aliphatic hydroxyl groups excluding tert-OH is 1. The maximum Gasteiger partial charge on any atom is 0.241 e. The predicted octanol–water partition coefficient (Wildman–Crippen LogP) is 3.44. The van der Waals surface area contributed by atoms with Gasteiger partial charge in [-0.1, -0.05) is 56.3 Å². The van der Waals surface area contributed by atoms with Crippen molar-refractivity contribution in [2.75, 3.05) is 4.90 Å². The number of ketones is 1. The van der Waals surface area contributed by atoms with E-state index in [9.17, 15) is 14.7 Å². The minimum atomic E-state index is -1.26. The molecule has 0 aromatic heterocycles. The first-order chi connectivity index (χ1) is 12.5. The zero-order valence-corrected chi connectivity index (χ0v) is 15.1. The Balaban J connectivity index is 1.97. The Hall–Kier alpha value is -2.46. The van der Waals surface area contributed by atoms with E-state index in [1.165, 1.54) is 0 Å². The average Bonchev–Trinajstić information content (AvgIpc) is 3.07. The standard InChI is InChI=1S/C22H23NO3/c1-3-21(4-2)19(25)22(14-15-10-8-9-13-17(15)18(22)24)23(20(21)26)16-11-6-5-7-12-16/h5-13,18,24H,3-4,14H2,1-2H3/t18-,22+/m0/s1. The van der Waals surface area contributed by atoms with Crippen molar-refractivity contribution in [1.82, 2.24) is 0 Å². The molecule has 4 nitrogen and oxygen atoms in total. The quantitative estimate of drug-likeness (QED) is 0.864. The van der Waals surface area contributed by atoms with E-state index >= 15 is 0 Å². The van der Waals surface area contributed by atoms with Crippen molar-refractivity contribution in [3.63, 3.8) is 0 Å². The van der Waals surface area contributed by atoms with Crippen molar-refractivity contribution in [1.29, 1.82) is 0 Å². The summed E-state index contributed by atoms with van der Waals surface area (Å²) in [6, 6.07) is 16.8. The largest absolute Gasteiger partial charge is 0.385 e. The highest BCUT2D eigenvalue weighted by atomic mass is 16.3. The molecule has 0 saturated carbocycles. The Morgan fingerprint density at radius 3 is 2.23 bits per heavy atom. The van der Waals surface area contributed by atoms with Gasteiger partial charge >= 0.3 is 0 Å². The molecule has 2 aromatic carbocycles. The molecular weight excluding hydrogens is 326 g/mol. The van der Waals surface area contributed by atoms with E-state index in [0.29, 0.717) is 24.9 Å². The SMILES string of the molecule is CCC1(CC)C(=O)N(c2ccccc2)[C@@]2(Cc3ccccc3[C@@H]2O)C1=O. The van der Waals surface area contributed by atoms with E-state index in [1.807, 2.05) is 68.4 Å². The van der Waals surface area contributed by atoms with Gasteiger partial charge < -0.3 is 5.11 Å². The van der Waals surface area contributed by atoms with Crippen LogP contribution in [0.15, 0.2) is 54.6 Å². The molecule has 2 aliphatic rings. The topological polar surface area (TPSA) is 57.6 Å². The minimum Gasteiger partial charge on any atom is -0.385 e. The van der Waals surface area contributed by atoms with Crippen LogP contribution >= 0.6 is 0 Å². The molecule has 0 unspecified atom stereocenters. The number of para-hydroxylation sites is 1. The number of aliphatic hydroxyl groups is 1. The van der Waals surface area contributed by atoms with E-state index in [4.69, 9.17) is 0 Å². The van der Waals surface area contributed by atoms with E-state index in [1.54, 1.807) is 4.90 Å². The van der Waals surface area contributed by atoms with Gasteiger partial charge in [0.2, 0.25) is 5.91 Å². The van der Waals surface area contributed by atoms with Crippen LogP contribution < -0.4 is 4.90 Å². The molecule has 1 amide bonds. The van der Waals surface area contributed by atoms with Crippen LogP contribution in [0, 0.1) is 5.41 Å². The van der Waals surface area contributed by atoms with Crippen LogP contribution in [0.4, 0.5) is 5.69 Å². The maximum absolute atomic E-state index is 13.8. The summed E-state index contributed by atoms with van der Waals surface area (Å²) < 4.78 is 0. The van der Waals surface area contributed by atoms with Crippen molar-refractivity contribution >= 4 is 17.4 Å². The summed E-state index contributed by atoms with van der Waals surface area (Å²) in [4.78, 5) is 28.9. The van der Waals surface area contributed by atoms with Crippen LogP contribution in [0.2, 0.25) is 0 Å². The fourth-order valence-corrected chi connectivity index (χ4v) is 4.82. The van der Waals surface area contributed by atoms with Gasteiger partial charge in [0.15, 0.2) is 5.78 Å². The first-order valence-corrected chi connectivity index (χ1v) is 9.23. The lowest BCUT2D eigenvalue weighted by Gasteiger charge is -2.36. The Morgan fingerprint density at radius 1 is 1.00 bits per heavy atom. The summed E-state index contributed by atoms with van der Waals surface area (Å²) in [6.07, 6.45) is 0.214. The van der Waals surface area contributed by atoms with Crippen molar-refractivity contribution < 1.29 is 14.7 Å². The fourth-order valence-electron chi connectivity index (χ4n) is 4.82. The van der Waals surface area contributed by atoms with Gasteiger partial charge in [-0.05, 0) is 36.1 Å². The van der Waals surface area contributed by atoms with Crippen molar-refractivity contribution in [3.8, 4) is 0 Å². The first-order valence-electron chi connectivity index (χ1n) is 9.23. The fraction of sp³-hybridized carbons (Fsp3) is 0.364. The monoisotopic (exact) mass is 349 g/mol. The molecule has 1 fully saturated rings. The van der Waals surface area contributed by atoms with Crippen LogP contribution in [0.3, 0.4) is 0 Å². The predicted molar refractivity (Wildman–Crippen MR) is 99.8 cm³/mol. The van der Waals surface area contributed by atoms with Crippen molar-refractivity contribution in [3.05, 3.63) is 65.7 Å². The molecule has 1 aliphatic carbocycles. The van der Waals surface area contributed by atoms with Gasteiger partial charge in [-0.15, -0.1) is 0 Å². The molecule has 1 heterocycles. The Morgan fingerprint density at radius 2 is 1.62 bits per heavy atom. The molecule has 1 aliphatic heterocycles. The number of fused-ring (bicyclic) bond motifs is 1. The third-order valence-corrected chi connectivity index (χ3v) is 6.32. The van der Waals surface area contributed by atoms with Crippen LogP contribution in [-0.2, 0) is 16.0 Å². The maximum atomic E-state index is 13.8. The number of rotatable bonds is 3. The van der Waals surface area contributed by atoms with E-state index in [-0.39, 0.29) is 11.7 Å². The van der Waals surface area contributed by atoms with Gasteiger partial charge in [0.05, 0.1) is 0 Å². The summed E-state index contributed by atoms with van der Waals surface area (Å²) in [5.41, 5.74) is 0.0247. The highest BCUT2D eigenvalue weighted by Crippen LogP contribution is 2.55. The lowest BCUT2D eigenvalue weighted by Crippen LogP contribution is -2.53. The van der Waals surface area contributed by atoms with Gasteiger partial charge in [0.25, 0.3) is 0 Å². The molecular formula is C22H23NO3. The molecule has 26 heavy (non-hydrogen) atoms. The van der Waals surface area contributed by atoms with E-state index < -0.39 is 17.1 Å². The van der Waals surface area contributed by atoms with Crippen LogP contribution in [0.1, 0.15) is 43.9 Å². The van der Waals surface area contributed by atoms with Gasteiger partial charge in [0.1, 0.15) is 17.1 Å². The number of nitrogens with zero attached hydrogens (tertiary/aromatic N) is 1. The third-order valence-electron chi connectivity index (χ3n) is 6.32. The number of hydrogen-bond acceptors (Lipinski definition) is 3. The van der Waals surface area contributed by atoms with Crippen LogP contribution in [-0.4, -0.2) is 22.3 Å². The normalized spacial score (nSPS) is 26.6. The number of amides is 1. The van der Waals surface area contributed by atoms with Crippen LogP contribution in [0.5, 0.6) is 0 Å². The first kappa shape index (κ1) is 17.0. The molecule has 4 rings (SSSR count). The molecule has 1 saturated heterocycles. The molecule has 0 bridgehead atoms. The average molecular weight is 349 g/mol. The Labute approximate surface area is 153 Å². The smallest absolute Gasteiger partial charge is 0.241 e. The van der Waals surface area contributed by atoms with E-state index in [2.05, 4.69) is 0 Å². The number of Topliss-reactive ketones (excluding diaryl/α,β-unsaturated/α-hetero) is 1. The number of benzene rings is 2. The molecule has 134 valence electrons. The summed E-state index contributed by atoms with van der Waals surface area (Å²) in [5, 5.41) is 11.3. The lowest BCUT2D eigenvalue weighted by molar-refractivity contribution is -0.138. The molecule has 1 N–H and O–H groups in total. The summed E-state index contributed by atoms with van der Waals surface area (Å²) in [5.74, 6) is -0.335. The zero-order valence-electron chi connectivity index (χ0n) is 15.1. The number of carbonyl (C=O) groups excluding carboxylic acids is 2. The van der Waals surface area contributed by atoms with Gasteiger partial charge in [-0.3, -0.25) is 14.5 Å². The Bertz CT molecular complexity index is 872. The van der Waals surface area contributed by atoms with Gasteiger partial charge in [0, 0.05) is 12.1 Å². The second kappa shape index (κ2) is 5.78. The molecule has 2 aromatic rings. The van der Waals surface area contributed by atoms with Crippen molar-refractivity contribution in [2.45, 2.75) is 44.8 Å². The highest BCUT2D eigenvalue weighted by molar-refractivity contribution is 6.25. The molecule has 2 atom stereocenters.